The smallest absolute Gasteiger partial charge is 0.246 e. The van der Waals surface area contributed by atoms with Gasteiger partial charge in [-0.15, -0.1) is 11.3 Å². The molecular formula is C60H80N10O10S2. The SMILES string of the molecule is COc1cc(N2CCC(N3CCN(C(=O)CCOCCOCCC(=O)N[C@H](C(=O)N4C[C@H](O)C[C@H]4C(=O)NCc4ccc(-c5scnc5C)cc4)C(C)(C)C)CC3)CC2)ccc1Cc1ncnc(Cc2ccccc2S(=O)(=O)C(C)C)n1. The average Bonchev–Trinajstić information content (AvgIpc) is 4.26. The topological polar surface area (TPSA) is 239 Å². The third-order valence-electron chi connectivity index (χ3n) is 15.6. The number of carbonyl (C=O) groups is 4. The van der Waals surface area contributed by atoms with Crippen LogP contribution in [0.15, 0.2) is 83.5 Å². The second-order valence-electron chi connectivity index (χ2n) is 22.7. The molecule has 442 valence electrons. The van der Waals surface area contributed by atoms with Gasteiger partial charge in [0.05, 0.1) is 72.3 Å². The number of ether oxygens (including phenoxy) is 3. The number of β-amino-alcohol motifs (C(OH)–C–C–N with tert-alkyl or cyclic N) is 1. The zero-order valence-electron chi connectivity index (χ0n) is 48.3. The first kappa shape index (κ1) is 61.6. The molecule has 3 saturated heterocycles. The van der Waals surface area contributed by atoms with Crippen molar-refractivity contribution in [2.75, 3.05) is 84.3 Å². The van der Waals surface area contributed by atoms with E-state index in [0.29, 0.717) is 47.7 Å². The normalized spacial score (nSPS) is 17.7. The zero-order valence-corrected chi connectivity index (χ0v) is 50.0. The largest absolute Gasteiger partial charge is 0.496 e. The first-order valence-corrected chi connectivity index (χ1v) is 30.8. The third-order valence-corrected chi connectivity index (χ3v) is 18.8. The molecule has 0 unspecified atom stereocenters. The summed E-state index contributed by atoms with van der Waals surface area (Å²) in [5.41, 5.74) is 6.69. The number of rotatable bonds is 24. The maximum Gasteiger partial charge on any atom is 0.246 e. The lowest BCUT2D eigenvalue weighted by molar-refractivity contribution is -0.144. The summed E-state index contributed by atoms with van der Waals surface area (Å²) in [6.07, 6.45) is 3.66. The van der Waals surface area contributed by atoms with Crippen molar-refractivity contribution in [3.8, 4) is 16.2 Å². The van der Waals surface area contributed by atoms with Gasteiger partial charge in [0, 0.05) is 101 Å². The van der Waals surface area contributed by atoms with Crippen molar-refractivity contribution < 1.29 is 46.9 Å². The second kappa shape index (κ2) is 28.2. The molecule has 5 aromatic rings. The number of aromatic nitrogens is 4. The summed E-state index contributed by atoms with van der Waals surface area (Å²) >= 11 is 1.57. The van der Waals surface area contributed by atoms with Gasteiger partial charge in [-0.2, -0.15) is 0 Å². The van der Waals surface area contributed by atoms with Crippen molar-refractivity contribution in [1.82, 2.24) is 45.3 Å². The Hall–Kier alpha value is -6.43. The Morgan fingerprint density at radius 1 is 0.829 bits per heavy atom. The molecule has 0 spiro atoms. The van der Waals surface area contributed by atoms with Gasteiger partial charge < -0.3 is 44.7 Å². The highest BCUT2D eigenvalue weighted by Gasteiger charge is 2.44. The first-order valence-electron chi connectivity index (χ1n) is 28.4. The standard InChI is InChI=1S/C60H80N10O10S2/c1-40(2)82(76,77)51-11-9-8-10-45(51)33-53-63-38-62-52(65-53)32-44-16-17-47(34-50(44)78-7)67-22-18-46(19-23-67)68-24-26-69(27-25-68)55(73)21-29-80-31-30-79-28-20-54(72)66-57(60(4,5)6)59(75)70-37-48(71)35-49(70)58(74)61-36-42-12-14-43(15-13-42)56-41(3)64-39-81-56/h8-17,34,38-40,46,48-49,57,71H,18-33,35-37H2,1-7H3,(H,61,74)(H,66,72)/t48-,49+,57-/m1/s1. The number of hydrogen-bond acceptors (Lipinski definition) is 17. The van der Waals surface area contributed by atoms with Gasteiger partial charge in [-0.05, 0) is 67.9 Å². The first-order chi connectivity index (χ1) is 39.3. The molecule has 0 aliphatic carbocycles. The van der Waals surface area contributed by atoms with E-state index in [1.165, 1.54) is 11.2 Å². The number of aliphatic hydroxyl groups excluding tert-OH is 1. The van der Waals surface area contributed by atoms with Crippen LogP contribution in [0.3, 0.4) is 0 Å². The minimum absolute atomic E-state index is 0.00411. The van der Waals surface area contributed by atoms with E-state index < -0.39 is 44.6 Å². The van der Waals surface area contributed by atoms with Gasteiger partial charge in [0.25, 0.3) is 0 Å². The molecule has 3 atom stereocenters. The Bertz CT molecular complexity index is 3080. The van der Waals surface area contributed by atoms with Crippen LogP contribution in [0, 0.1) is 12.3 Å². The van der Waals surface area contributed by atoms with Crippen LogP contribution in [0.1, 0.15) is 101 Å². The molecule has 82 heavy (non-hydrogen) atoms. The molecule has 20 nitrogen and oxygen atoms in total. The van der Waals surface area contributed by atoms with Crippen molar-refractivity contribution >= 4 is 50.5 Å². The minimum atomic E-state index is -3.48. The molecule has 3 aliphatic heterocycles. The molecule has 8 rings (SSSR count). The summed E-state index contributed by atoms with van der Waals surface area (Å²) in [6, 6.07) is 19.7. The number of benzene rings is 3. The molecule has 3 aromatic carbocycles. The van der Waals surface area contributed by atoms with E-state index in [0.717, 1.165) is 77.7 Å². The number of thiazole rings is 1. The summed E-state index contributed by atoms with van der Waals surface area (Å²) in [7, 11) is -1.82. The van der Waals surface area contributed by atoms with Crippen molar-refractivity contribution in [3.63, 3.8) is 0 Å². The number of anilines is 1. The molecule has 5 heterocycles. The van der Waals surface area contributed by atoms with Crippen LogP contribution in [0.5, 0.6) is 5.75 Å². The van der Waals surface area contributed by atoms with E-state index in [1.54, 1.807) is 50.5 Å². The number of piperazine rings is 1. The van der Waals surface area contributed by atoms with Gasteiger partial charge in [0.1, 0.15) is 35.8 Å². The highest BCUT2D eigenvalue weighted by Crippen LogP contribution is 2.32. The van der Waals surface area contributed by atoms with Crippen LogP contribution < -0.4 is 20.3 Å². The number of aliphatic hydroxyl groups is 1. The predicted molar refractivity (Wildman–Crippen MR) is 313 cm³/mol. The number of sulfone groups is 1. The Labute approximate surface area is 486 Å². The number of carbonyl (C=O) groups excluding carboxylic acids is 4. The van der Waals surface area contributed by atoms with E-state index in [4.69, 9.17) is 19.2 Å². The van der Waals surface area contributed by atoms with Crippen LogP contribution in [0.4, 0.5) is 5.69 Å². The quantitative estimate of drug-likeness (QED) is 0.0655. The molecule has 4 amide bonds. The lowest BCUT2D eigenvalue weighted by atomic mass is 9.85. The number of methoxy groups -OCH3 is 1. The number of amides is 4. The monoisotopic (exact) mass is 1160 g/mol. The van der Waals surface area contributed by atoms with Gasteiger partial charge >= 0.3 is 0 Å². The highest BCUT2D eigenvalue weighted by atomic mass is 32.2. The number of nitrogens with zero attached hydrogens (tertiary/aromatic N) is 8. The van der Waals surface area contributed by atoms with Crippen LogP contribution in [0.25, 0.3) is 10.4 Å². The van der Waals surface area contributed by atoms with E-state index in [1.807, 2.05) is 68.4 Å². The van der Waals surface area contributed by atoms with Gasteiger partial charge in [-0.1, -0.05) is 69.3 Å². The molecule has 0 saturated carbocycles. The molecule has 3 aliphatic rings. The van der Waals surface area contributed by atoms with Gasteiger partial charge in [0.2, 0.25) is 23.6 Å². The maximum absolute atomic E-state index is 14.0. The lowest BCUT2D eigenvalue weighted by Gasteiger charge is -2.43. The third kappa shape index (κ3) is 16.0. The molecule has 2 aromatic heterocycles. The number of piperidine rings is 1. The number of aryl methyl sites for hydroxylation is 1. The lowest BCUT2D eigenvalue weighted by Crippen LogP contribution is -2.57. The molecule has 22 heteroatoms. The fraction of sp³-hybridized carbons (Fsp3) is 0.533. The van der Waals surface area contributed by atoms with Gasteiger partial charge in [-0.25, -0.2) is 28.4 Å². The Balaban J connectivity index is 0.693. The summed E-state index contributed by atoms with van der Waals surface area (Å²) in [4.78, 5) is 81.2. The van der Waals surface area contributed by atoms with Gasteiger partial charge in [-0.3, -0.25) is 24.1 Å². The molecule has 3 N–H and O–H groups in total. The van der Waals surface area contributed by atoms with Gasteiger partial charge in [0.15, 0.2) is 9.84 Å². The van der Waals surface area contributed by atoms with Crippen LogP contribution >= 0.6 is 11.3 Å². The average molecular weight is 1170 g/mol. The number of hydrogen-bond donors (Lipinski definition) is 3. The van der Waals surface area contributed by atoms with Crippen molar-refractivity contribution in [1.29, 1.82) is 0 Å². The van der Waals surface area contributed by atoms with Crippen LogP contribution in [-0.4, -0.2) is 181 Å². The Morgan fingerprint density at radius 3 is 2.15 bits per heavy atom. The zero-order chi connectivity index (χ0) is 58.6. The van der Waals surface area contributed by atoms with Crippen molar-refractivity contribution in [2.45, 2.75) is 127 Å². The molecule has 3 fully saturated rings. The fourth-order valence-electron chi connectivity index (χ4n) is 10.8. The summed E-state index contributed by atoms with van der Waals surface area (Å²) in [5, 5.41) is 15.9. The molecule has 0 bridgehead atoms. The Morgan fingerprint density at radius 2 is 1.50 bits per heavy atom. The van der Waals surface area contributed by atoms with Crippen LogP contribution in [0.2, 0.25) is 0 Å². The number of nitrogens with one attached hydrogen (secondary N) is 2. The van der Waals surface area contributed by atoms with E-state index in [9.17, 15) is 32.7 Å². The minimum Gasteiger partial charge on any atom is -0.496 e. The summed E-state index contributed by atoms with van der Waals surface area (Å²) in [5.74, 6) is 0.685. The summed E-state index contributed by atoms with van der Waals surface area (Å²) in [6.45, 7) is 16.7. The Kier molecular flexibility index (Phi) is 21.2. The number of likely N-dealkylation sites (tertiary alicyclic amines) is 1. The molecule has 0 radical (unpaired) electrons. The van der Waals surface area contributed by atoms with E-state index in [2.05, 4.69) is 53.6 Å². The highest BCUT2D eigenvalue weighted by molar-refractivity contribution is 7.92. The predicted octanol–water partition coefficient (Wildman–Crippen LogP) is 5.41. The van der Waals surface area contributed by atoms with Crippen molar-refractivity contribution in [3.05, 3.63) is 113 Å². The van der Waals surface area contributed by atoms with Crippen molar-refractivity contribution in [2.24, 2.45) is 5.41 Å². The molecular weight excluding hydrogens is 1080 g/mol. The fourth-order valence-corrected chi connectivity index (χ4v) is 12.9. The van der Waals surface area contributed by atoms with Crippen LogP contribution in [-0.2, 0) is 57.9 Å². The second-order valence-corrected chi connectivity index (χ2v) is 26.0. The van der Waals surface area contributed by atoms with E-state index >= 15 is 0 Å². The summed E-state index contributed by atoms with van der Waals surface area (Å²) < 4.78 is 43.4. The van der Waals surface area contributed by atoms with E-state index in [-0.39, 0.29) is 82.9 Å². The maximum atomic E-state index is 14.0.